The molecule has 0 spiro atoms. The van der Waals surface area contributed by atoms with E-state index in [1.165, 1.54) is 0 Å². The van der Waals surface area contributed by atoms with Gasteiger partial charge in [0.05, 0.1) is 16.7 Å². The van der Waals surface area contributed by atoms with Crippen LogP contribution in [0.3, 0.4) is 0 Å². The third-order valence-electron chi connectivity index (χ3n) is 5.34. The first-order valence-electron chi connectivity index (χ1n) is 9.54. The topological polar surface area (TPSA) is 69.6 Å². The monoisotopic (exact) mass is 394 g/mol. The molecule has 2 N–H and O–H groups in total. The van der Waals surface area contributed by atoms with Gasteiger partial charge in [0.1, 0.15) is 6.04 Å². The van der Waals surface area contributed by atoms with E-state index in [1.807, 2.05) is 13.8 Å². The summed E-state index contributed by atoms with van der Waals surface area (Å²) in [5, 5.41) is 13.7. The van der Waals surface area contributed by atoms with Gasteiger partial charge in [0, 0.05) is 13.1 Å². The Balaban J connectivity index is 2.10. The Kier molecular flexibility index (Phi) is 6.92. The van der Waals surface area contributed by atoms with Crippen LogP contribution in [0.2, 0.25) is 5.02 Å². The number of nitrogens with one attached hydrogen (secondary N) is 1. The van der Waals surface area contributed by atoms with E-state index < -0.39 is 12.1 Å². The van der Waals surface area contributed by atoms with Gasteiger partial charge in [0.25, 0.3) is 5.91 Å². The number of aliphatic hydroxyl groups is 1. The Morgan fingerprint density at radius 3 is 2.41 bits per heavy atom. The van der Waals surface area contributed by atoms with E-state index in [-0.39, 0.29) is 29.1 Å². The second kappa shape index (κ2) is 8.61. The predicted molar refractivity (Wildman–Crippen MR) is 108 cm³/mol. The highest BCUT2D eigenvalue weighted by Crippen LogP contribution is 2.34. The standard InChI is InChI=1S/C21H31ClN2O3/c1-13(2)18(23-19(26)14-8-6-7-9-16(14)22)20(27)24-11-10-15(17(25)12-24)21(3,4)5/h6-9,13,15,17-18,25H,10-12H2,1-5H3,(H,23,26)/t15-,17-,18+/m1/s1. The zero-order chi connectivity index (χ0) is 20.4. The van der Waals surface area contributed by atoms with Crippen molar-refractivity contribution in [1.29, 1.82) is 0 Å². The van der Waals surface area contributed by atoms with Gasteiger partial charge in [-0.15, -0.1) is 0 Å². The minimum atomic E-state index is -0.660. The van der Waals surface area contributed by atoms with Crippen LogP contribution in [0.4, 0.5) is 0 Å². The van der Waals surface area contributed by atoms with Crippen LogP contribution >= 0.6 is 11.6 Å². The number of β-amino-alcohol motifs (C(OH)–C–C–N with tert-alkyl or cyclic N) is 1. The van der Waals surface area contributed by atoms with Gasteiger partial charge in [-0.2, -0.15) is 0 Å². The van der Waals surface area contributed by atoms with E-state index in [0.717, 1.165) is 6.42 Å². The molecule has 1 aliphatic heterocycles. The van der Waals surface area contributed by atoms with Gasteiger partial charge >= 0.3 is 0 Å². The molecule has 1 aliphatic rings. The zero-order valence-electron chi connectivity index (χ0n) is 16.8. The first kappa shape index (κ1) is 21.7. The summed E-state index contributed by atoms with van der Waals surface area (Å²) in [6, 6.07) is 6.12. The molecule has 0 unspecified atom stereocenters. The normalized spacial score (nSPS) is 21.9. The fourth-order valence-corrected chi connectivity index (χ4v) is 3.94. The molecule has 1 aromatic carbocycles. The van der Waals surface area contributed by atoms with Crippen LogP contribution in [-0.2, 0) is 4.79 Å². The quantitative estimate of drug-likeness (QED) is 0.822. The highest BCUT2D eigenvalue weighted by atomic mass is 35.5. The van der Waals surface area contributed by atoms with Crippen LogP contribution in [0, 0.1) is 17.3 Å². The number of nitrogens with zero attached hydrogens (tertiary/aromatic N) is 1. The molecule has 3 atom stereocenters. The SMILES string of the molecule is CC(C)[C@H](NC(=O)c1ccccc1Cl)C(=O)N1CC[C@@H](C(C)(C)C)[C@H](O)C1. The van der Waals surface area contributed by atoms with Crippen molar-refractivity contribution in [3.63, 3.8) is 0 Å². The average molecular weight is 395 g/mol. The number of benzene rings is 1. The number of rotatable bonds is 4. The lowest BCUT2D eigenvalue weighted by Crippen LogP contribution is -2.56. The van der Waals surface area contributed by atoms with Crippen LogP contribution < -0.4 is 5.32 Å². The number of piperidine rings is 1. The molecule has 0 aromatic heterocycles. The number of likely N-dealkylation sites (tertiary alicyclic amines) is 1. The number of halogens is 1. The Bertz CT molecular complexity index is 684. The smallest absolute Gasteiger partial charge is 0.253 e. The van der Waals surface area contributed by atoms with Crippen molar-refractivity contribution in [2.24, 2.45) is 17.3 Å². The minimum Gasteiger partial charge on any atom is -0.391 e. The summed E-state index contributed by atoms with van der Waals surface area (Å²) in [5.41, 5.74) is 0.341. The molecule has 150 valence electrons. The van der Waals surface area contributed by atoms with Gasteiger partial charge in [-0.05, 0) is 35.8 Å². The number of aliphatic hydroxyl groups excluding tert-OH is 1. The van der Waals surface area contributed by atoms with Crippen molar-refractivity contribution < 1.29 is 14.7 Å². The second-order valence-corrected chi connectivity index (χ2v) is 9.19. The minimum absolute atomic E-state index is 0.00964. The molecule has 0 aliphatic carbocycles. The van der Waals surface area contributed by atoms with E-state index in [2.05, 4.69) is 26.1 Å². The van der Waals surface area contributed by atoms with Crippen molar-refractivity contribution >= 4 is 23.4 Å². The van der Waals surface area contributed by atoms with Crippen molar-refractivity contribution in [3.8, 4) is 0 Å². The summed E-state index contributed by atoms with van der Waals surface area (Å²) in [5.74, 6) is -0.451. The van der Waals surface area contributed by atoms with Crippen LogP contribution in [0.5, 0.6) is 0 Å². The van der Waals surface area contributed by atoms with Crippen LogP contribution in [-0.4, -0.2) is 47.1 Å². The fraction of sp³-hybridized carbons (Fsp3) is 0.619. The third-order valence-corrected chi connectivity index (χ3v) is 5.67. The molecule has 6 heteroatoms. The number of carbonyl (C=O) groups is 2. The van der Waals surface area contributed by atoms with E-state index >= 15 is 0 Å². The van der Waals surface area contributed by atoms with E-state index in [1.54, 1.807) is 29.2 Å². The van der Waals surface area contributed by atoms with E-state index in [0.29, 0.717) is 23.7 Å². The molecule has 0 saturated carbocycles. The predicted octanol–water partition coefficient (Wildman–Crippen LogP) is 3.35. The van der Waals surface area contributed by atoms with E-state index in [9.17, 15) is 14.7 Å². The fourth-order valence-electron chi connectivity index (χ4n) is 3.72. The summed E-state index contributed by atoms with van der Waals surface area (Å²) in [4.78, 5) is 27.3. The Labute approximate surface area is 167 Å². The maximum absolute atomic E-state index is 13.1. The van der Waals surface area contributed by atoms with Crippen LogP contribution in [0.25, 0.3) is 0 Å². The molecule has 1 saturated heterocycles. The summed E-state index contributed by atoms with van der Waals surface area (Å²) in [6.07, 6.45) is 0.189. The zero-order valence-corrected chi connectivity index (χ0v) is 17.6. The lowest BCUT2D eigenvalue weighted by atomic mass is 9.73. The van der Waals surface area contributed by atoms with Gasteiger partial charge < -0.3 is 15.3 Å². The van der Waals surface area contributed by atoms with Crippen molar-refractivity contribution in [3.05, 3.63) is 34.9 Å². The Morgan fingerprint density at radius 2 is 1.89 bits per heavy atom. The van der Waals surface area contributed by atoms with Crippen LogP contribution in [0.15, 0.2) is 24.3 Å². The van der Waals surface area contributed by atoms with Crippen molar-refractivity contribution in [1.82, 2.24) is 10.2 Å². The number of carbonyl (C=O) groups excluding carboxylic acids is 2. The van der Waals surface area contributed by atoms with Crippen molar-refractivity contribution in [2.75, 3.05) is 13.1 Å². The number of amides is 2. The van der Waals surface area contributed by atoms with Gasteiger partial charge in [0.15, 0.2) is 0 Å². The van der Waals surface area contributed by atoms with Gasteiger partial charge in [-0.25, -0.2) is 0 Å². The molecule has 2 amide bonds. The maximum Gasteiger partial charge on any atom is 0.253 e. The first-order valence-corrected chi connectivity index (χ1v) is 9.92. The molecule has 2 rings (SSSR count). The largest absolute Gasteiger partial charge is 0.391 e. The molecule has 27 heavy (non-hydrogen) atoms. The van der Waals surface area contributed by atoms with Gasteiger partial charge in [-0.3, -0.25) is 9.59 Å². The summed E-state index contributed by atoms with van der Waals surface area (Å²) < 4.78 is 0. The van der Waals surface area contributed by atoms with E-state index in [4.69, 9.17) is 11.6 Å². The maximum atomic E-state index is 13.1. The Hall–Kier alpha value is -1.59. The molecule has 1 fully saturated rings. The highest BCUT2D eigenvalue weighted by molar-refractivity contribution is 6.33. The van der Waals surface area contributed by atoms with Crippen LogP contribution in [0.1, 0.15) is 51.4 Å². The Morgan fingerprint density at radius 1 is 1.26 bits per heavy atom. The molecule has 5 nitrogen and oxygen atoms in total. The van der Waals surface area contributed by atoms with Gasteiger partial charge in [0.2, 0.25) is 5.91 Å². The molecular weight excluding hydrogens is 364 g/mol. The highest BCUT2D eigenvalue weighted by Gasteiger charge is 2.39. The summed E-state index contributed by atoms with van der Waals surface area (Å²) in [6.45, 7) is 11.0. The molecule has 0 bridgehead atoms. The molecule has 1 aromatic rings. The number of hydrogen-bond acceptors (Lipinski definition) is 3. The molecule has 1 heterocycles. The lowest BCUT2D eigenvalue weighted by molar-refractivity contribution is -0.140. The average Bonchev–Trinajstić information content (AvgIpc) is 2.57. The molecular formula is C21H31ClN2O3. The van der Waals surface area contributed by atoms with Crippen molar-refractivity contribution in [2.45, 2.75) is 53.2 Å². The first-order chi connectivity index (χ1) is 12.5. The van der Waals surface area contributed by atoms with Gasteiger partial charge in [-0.1, -0.05) is 58.4 Å². The molecule has 0 radical (unpaired) electrons. The summed E-state index contributed by atoms with van der Waals surface area (Å²) >= 11 is 6.10. The lowest BCUT2D eigenvalue weighted by Gasteiger charge is -2.43. The third kappa shape index (κ3) is 5.23. The summed E-state index contributed by atoms with van der Waals surface area (Å²) in [7, 11) is 0. The number of hydrogen-bond donors (Lipinski definition) is 2. The second-order valence-electron chi connectivity index (χ2n) is 8.79.